The molecule has 0 aliphatic carbocycles. The predicted molar refractivity (Wildman–Crippen MR) is 89.2 cm³/mol. The first-order chi connectivity index (χ1) is 10.1. The van der Waals surface area contributed by atoms with Gasteiger partial charge in [-0.2, -0.15) is 0 Å². The van der Waals surface area contributed by atoms with Gasteiger partial charge in [0.1, 0.15) is 5.75 Å². The molecule has 2 aromatic rings. The van der Waals surface area contributed by atoms with Gasteiger partial charge in [-0.15, -0.1) is 0 Å². The highest BCUT2D eigenvalue weighted by Crippen LogP contribution is 2.32. The summed E-state index contributed by atoms with van der Waals surface area (Å²) in [5.74, 6) is 0.589. The second-order valence-electron chi connectivity index (χ2n) is 5.04. The van der Waals surface area contributed by atoms with Crippen molar-refractivity contribution in [1.29, 1.82) is 0 Å². The first-order valence-electron chi connectivity index (χ1n) is 7.01. The molecule has 0 fully saturated rings. The van der Waals surface area contributed by atoms with E-state index in [1.807, 2.05) is 56.3 Å². The molecule has 2 rings (SSSR count). The van der Waals surface area contributed by atoms with E-state index in [0.29, 0.717) is 11.3 Å². The lowest BCUT2D eigenvalue weighted by Crippen LogP contribution is -2.13. The molecular formula is C18H19BrO2. The largest absolute Gasteiger partial charge is 0.496 e. The van der Waals surface area contributed by atoms with Gasteiger partial charge < -0.3 is 4.74 Å². The Labute approximate surface area is 134 Å². The zero-order valence-corrected chi connectivity index (χ0v) is 14.1. The summed E-state index contributed by atoms with van der Waals surface area (Å²) in [6.45, 7) is 4.01. The van der Waals surface area contributed by atoms with Crippen molar-refractivity contribution in [2.24, 2.45) is 0 Å². The quantitative estimate of drug-likeness (QED) is 0.700. The summed E-state index contributed by atoms with van der Waals surface area (Å²) in [7, 11) is 1.60. The Morgan fingerprint density at radius 3 is 2.48 bits per heavy atom. The zero-order valence-electron chi connectivity index (χ0n) is 12.5. The van der Waals surface area contributed by atoms with Crippen LogP contribution in [-0.2, 0) is 0 Å². The van der Waals surface area contributed by atoms with Crippen LogP contribution in [0.25, 0.3) is 0 Å². The number of carbonyl (C=O) groups excluding carboxylic acids is 1. The van der Waals surface area contributed by atoms with Gasteiger partial charge in [0.25, 0.3) is 0 Å². The fourth-order valence-electron chi connectivity index (χ4n) is 2.46. The number of hydrogen-bond donors (Lipinski definition) is 0. The van der Waals surface area contributed by atoms with Crippen LogP contribution in [0, 0.1) is 6.92 Å². The third-order valence-corrected chi connectivity index (χ3v) is 4.53. The van der Waals surface area contributed by atoms with E-state index in [0.717, 1.165) is 22.0 Å². The summed E-state index contributed by atoms with van der Waals surface area (Å²) in [6, 6.07) is 13.7. The number of halogens is 1. The summed E-state index contributed by atoms with van der Waals surface area (Å²) < 4.78 is 6.32. The van der Waals surface area contributed by atoms with Gasteiger partial charge in [-0.25, -0.2) is 0 Å². The number of hydrogen-bond acceptors (Lipinski definition) is 2. The smallest absolute Gasteiger partial charge is 0.174 e. The molecule has 0 spiro atoms. The van der Waals surface area contributed by atoms with Crippen LogP contribution in [0.3, 0.4) is 0 Å². The van der Waals surface area contributed by atoms with E-state index < -0.39 is 0 Å². The van der Waals surface area contributed by atoms with E-state index in [4.69, 9.17) is 4.74 Å². The number of benzene rings is 2. The van der Waals surface area contributed by atoms with Gasteiger partial charge in [0, 0.05) is 10.4 Å². The van der Waals surface area contributed by atoms with Gasteiger partial charge in [-0.1, -0.05) is 53.2 Å². The van der Waals surface area contributed by atoms with Crippen molar-refractivity contribution < 1.29 is 9.53 Å². The predicted octanol–water partition coefficient (Wildman–Crippen LogP) is 5.14. The third-order valence-electron chi connectivity index (χ3n) is 3.67. The van der Waals surface area contributed by atoms with E-state index in [1.54, 1.807) is 7.11 Å². The second-order valence-corrected chi connectivity index (χ2v) is 5.89. The SMILES string of the molecule is CCC(C(=O)c1cc(Br)c(C)cc1OC)c1ccccc1. The van der Waals surface area contributed by atoms with Crippen molar-refractivity contribution in [2.75, 3.05) is 7.11 Å². The minimum absolute atomic E-state index is 0.0984. The van der Waals surface area contributed by atoms with Crippen LogP contribution in [0.1, 0.15) is 40.7 Å². The van der Waals surface area contributed by atoms with Crippen LogP contribution in [0.4, 0.5) is 0 Å². The van der Waals surface area contributed by atoms with Crippen LogP contribution < -0.4 is 4.74 Å². The standard InChI is InChI=1S/C18H19BrO2/c1-4-14(13-8-6-5-7-9-13)18(20)15-11-16(19)12(2)10-17(15)21-3/h5-11,14H,4H2,1-3H3. The lowest BCUT2D eigenvalue weighted by atomic mass is 9.88. The maximum atomic E-state index is 12.9. The molecule has 0 saturated carbocycles. The number of aryl methyl sites for hydroxylation is 1. The van der Waals surface area contributed by atoms with Gasteiger partial charge in [0.15, 0.2) is 5.78 Å². The summed E-state index contributed by atoms with van der Waals surface area (Å²) in [4.78, 5) is 12.9. The highest BCUT2D eigenvalue weighted by molar-refractivity contribution is 9.10. The molecule has 1 unspecified atom stereocenters. The molecule has 3 heteroatoms. The lowest BCUT2D eigenvalue weighted by molar-refractivity contribution is 0.0954. The first kappa shape index (κ1) is 15.8. The van der Waals surface area contributed by atoms with E-state index >= 15 is 0 Å². The first-order valence-corrected chi connectivity index (χ1v) is 7.81. The zero-order chi connectivity index (χ0) is 15.4. The molecule has 1 atom stereocenters. The summed E-state index contributed by atoms with van der Waals surface area (Å²) >= 11 is 3.50. The molecule has 0 saturated heterocycles. The molecule has 0 aromatic heterocycles. The Bertz CT molecular complexity index is 635. The Hall–Kier alpha value is -1.61. The van der Waals surface area contributed by atoms with Crippen molar-refractivity contribution in [3.8, 4) is 5.75 Å². The Morgan fingerprint density at radius 2 is 1.90 bits per heavy atom. The molecule has 0 amide bonds. The minimum atomic E-state index is -0.144. The molecule has 2 nitrogen and oxygen atoms in total. The second kappa shape index (κ2) is 6.90. The van der Waals surface area contributed by atoms with Crippen molar-refractivity contribution in [2.45, 2.75) is 26.2 Å². The van der Waals surface area contributed by atoms with Crippen molar-refractivity contribution in [1.82, 2.24) is 0 Å². The molecule has 110 valence electrons. The molecular weight excluding hydrogens is 328 g/mol. The van der Waals surface area contributed by atoms with Gasteiger partial charge in [0.05, 0.1) is 12.7 Å². The lowest BCUT2D eigenvalue weighted by Gasteiger charge is -2.17. The average molecular weight is 347 g/mol. The van der Waals surface area contributed by atoms with E-state index in [9.17, 15) is 4.79 Å². The normalized spacial score (nSPS) is 12.0. The number of ketones is 1. The Kier molecular flexibility index (Phi) is 5.18. The minimum Gasteiger partial charge on any atom is -0.496 e. The summed E-state index contributed by atoms with van der Waals surface area (Å²) in [6.07, 6.45) is 0.761. The average Bonchev–Trinajstić information content (AvgIpc) is 2.51. The molecule has 21 heavy (non-hydrogen) atoms. The number of methoxy groups -OCH3 is 1. The Balaban J connectivity index is 2.45. The topological polar surface area (TPSA) is 26.3 Å². The number of rotatable bonds is 5. The van der Waals surface area contributed by atoms with E-state index in [1.165, 1.54) is 0 Å². The third kappa shape index (κ3) is 3.35. The van der Waals surface area contributed by atoms with Gasteiger partial charge in [0.2, 0.25) is 0 Å². The summed E-state index contributed by atoms with van der Waals surface area (Å²) in [5.41, 5.74) is 2.73. The highest BCUT2D eigenvalue weighted by atomic mass is 79.9. The van der Waals surface area contributed by atoms with Gasteiger partial charge in [-0.3, -0.25) is 4.79 Å². The van der Waals surface area contributed by atoms with Gasteiger partial charge in [-0.05, 0) is 36.6 Å². The van der Waals surface area contributed by atoms with Crippen LogP contribution >= 0.6 is 15.9 Å². The van der Waals surface area contributed by atoms with Crippen LogP contribution in [0.2, 0.25) is 0 Å². The fourth-order valence-corrected chi connectivity index (χ4v) is 2.81. The maximum absolute atomic E-state index is 12.9. The number of ether oxygens (including phenoxy) is 1. The summed E-state index contributed by atoms with van der Waals surface area (Å²) in [5, 5.41) is 0. The highest BCUT2D eigenvalue weighted by Gasteiger charge is 2.23. The van der Waals surface area contributed by atoms with Crippen LogP contribution in [-0.4, -0.2) is 12.9 Å². The molecule has 0 radical (unpaired) electrons. The maximum Gasteiger partial charge on any atom is 0.174 e. The molecule has 0 heterocycles. The fraction of sp³-hybridized carbons (Fsp3) is 0.278. The van der Waals surface area contributed by atoms with Gasteiger partial charge >= 0.3 is 0 Å². The molecule has 0 aliphatic rings. The van der Waals surface area contributed by atoms with Crippen molar-refractivity contribution >= 4 is 21.7 Å². The Morgan fingerprint density at radius 1 is 1.24 bits per heavy atom. The van der Waals surface area contributed by atoms with Crippen LogP contribution in [0.5, 0.6) is 5.75 Å². The van der Waals surface area contributed by atoms with Crippen molar-refractivity contribution in [3.63, 3.8) is 0 Å². The molecule has 2 aromatic carbocycles. The molecule has 0 N–H and O–H groups in total. The molecule has 0 aliphatic heterocycles. The monoisotopic (exact) mass is 346 g/mol. The van der Waals surface area contributed by atoms with E-state index in [2.05, 4.69) is 15.9 Å². The number of carbonyl (C=O) groups is 1. The molecule has 0 bridgehead atoms. The number of Topliss-reactive ketones (excluding diaryl/α,β-unsaturated/α-hetero) is 1. The van der Waals surface area contributed by atoms with E-state index in [-0.39, 0.29) is 11.7 Å². The van der Waals surface area contributed by atoms with Crippen LogP contribution in [0.15, 0.2) is 46.9 Å². The van der Waals surface area contributed by atoms with Crippen molar-refractivity contribution in [3.05, 3.63) is 63.6 Å².